The molecule has 3 nitrogen and oxygen atoms in total. The van der Waals surface area contributed by atoms with E-state index in [1.54, 1.807) is 6.07 Å². The molecule has 1 aromatic rings. The molecule has 122 valence electrons. The number of allylic oxidation sites excluding steroid dienone is 1. The van der Waals surface area contributed by atoms with Crippen LogP contribution in [-0.4, -0.2) is 27.0 Å². The molecule has 0 spiro atoms. The molecule has 0 aliphatic heterocycles. The lowest BCUT2D eigenvalue weighted by Gasteiger charge is -2.56. The molecule has 0 amide bonds. The van der Waals surface area contributed by atoms with Gasteiger partial charge in [0.1, 0.15) is 11.4 Å². The molecule has 2 fully saturated rings. The molecule has 0 radical (unpaired) electrons. The molecule has 5 rings (SSSR count). The van der Waals surface area contributed by atoms with Crippen molar-refractivity contribution in [1.82, 2.24) is 0 Å². The van der Waals surface area contributed by atoms with Crippen molar-refractivity contribution in [3.63, 3.8) is 0 Å². The van der Waals surface area contributed by atoms with E-state index in [0.717, 1.165) is 31.2 Å². The molecule has 23 heavy (non-hydrogen) atoms. The third-order valence-electron chi connectivity index (χ3n) is 7.96. The van der Waals surface area contributed by atoms with Crippen LogP contribution >= 0.6 is 0 Å². The van der Waals surface area contributed by atoms with Crippen LogP contribution in [0.15, 0.2) is 30.4 Å². The van der Waals surface area contributed by atoms with E-state index in [1.165, 1.54) is 5.56 Å². The third-order valence-corrected chi connectivity index (χ3v) is 7.96. The molecule has 6 atom stereocenters. The highest BCUT2D eigenvalue weighted by atomic mass is 16.3. The number of benzene rings is 1. The fraction of sp³-hybridized carbons (Fsp3) is 0.600. The molecule has 0 unspecified atom stereocenters. The lowest BCUT2D eigenvalue weighted by molar-refractivity contribution is -0.112. The zero-order chi connectivity index (χ0) is 16.0. The summed E-state index contributed by atoms with van der Waals surface area (Å²) in [6, 6.07) is 5.88. The first-order valence-electron chi connectivity index (χ1n) is 8.84. The van der Waals surface area contributed by atoms with E-state index in [2.05, 4.69) is 19.1 Å². The van der Waals surface area contributed by atoms with Crippen molar-refractivity contribution in [2.45, 2.75) is 56.7 Å². The van der Waals surface area contributed by atoms with Crippen LogP contribution in [-0.2, 0) is 6.42 Å². The van der Waals surface area contributed by atoms with E-state index in [1.807, 2.05) is 12.1 Å². The van der Waals surface area contributed by atoms with E-state index < -0.39 is 11.7 Å². The Kier molecular flexibility index (Phi) is 2.45. The molecular weight excluding hydrogens is 288 g/mol. The lowest BCUT2D eigenvalue weighted by atomic mass is 9.48. The molecule has 3 N–H and O–H groups in total. The number of aliphatic hydroxyl groups excluding tert-OH is 1. The van der Waals surface area contributed by atoms with E-state index in [-0.39, 0.29) is 10.8 Å². The number of rotatable bonds is 0. The number of aryl methyl sites for hydroxylation is 1. The standard InChI is InChI=1S/C20H24O3/c1-18-8-7-13-14(6-5-12-3-2-4-15(21)17(12)13)19(18)9-10-20(18,23)16(22)11-19/h2-4,9-10,13-14,16,21-23H,5-8,11H2,1H3/t13-,14+,16-,18-,19-,20-/m0/s1. The first-order valence-corrected chi connectivity index (χ1v) is 8.84. The quantitative estimate of drug-likeness (QED) is 0.646. The van der Waals surface area contributed by atoms with Crippen molar-refractivity contribution < 1.29 is 15.3 Å². The highest BCUT2D eigenvalue weighted by Crippen LogP contribution is 2.75. The number of phenolic OH excluding ortho intramolecular Hbond substituents is 1. The summed E-state index contributed by atoms with van der Waals surface area (Å²) < 4.78 is 0. The van der Waals surface area contributed by atoms with Gasteiger partial charge in [0.15, 0.2) is 0 Å². The third kappa shape index (κ3) is 1.33. The van der Waals surface area contributed by atoms with Crippen LogP contribution in [0.2, 0.25) is 0 Å². The average molecular weight is 312 g/mol. The highest BCUT2D eigenvalue weighted by molar-refractivity contribution is 5.48. The first-order chi connectivity index (χ1) is 10.9. The van der Waals surface area contributed by atoms with Gasteiger partial charge in [0, 0.05) is 16.4 Å². The van der Waals surface area contributed by atoms with E-state index in [9.17, 15) is 15.3 Å². The normalized spacial score (nSPS) is 49.6. The van der Waals surface area contributed by atoms with Crippen molar-refractivity contribution >= 4 is 0 Å². The number of hydrogen-bond donors (Lipinski definition) is 3. The van der Waals surface area contributed by atoms with Crippen LogP contribution in [0, 0.1) is 16.7 Å². The second-order valence-electron chi connectivity index (χ2n) is 8.39. The summed E-state index contributed by atoms with van der Waals surface area (Å²) in [4.78, 5) is 0. The molecule has 0 saturated heterocycles. The molecule has 4 aliphatic rings. The van der Waals surface area contributed by atoms with Crippen LogP contribution < -0.4 is 0 Å². The Balaban J connectivity index is 1.67. The van der Waals surface area contributed by atoms with Crippen LogP contribution in [0.4, 0.5) is 0 Å². The Morgan fingerprint density at radius 1 is 1.17 bits per heavy atom. The molecule has 2 saturated carbocycles. The Morgan fingerprint density at radius 2 is 2.00 bits per heavy atom. The largest absolute Gasteiger partial charge is 0.508 e. The molecular formula is C20H24O3. The number of aromatic hydroxyl groups is 1. The maximum atomic E-state index is 11.1. The van der Waals surface area contributed by atoms with Gasteiger partial charge in [-0.3, -0.25) is 0 Å². The summed E-state index contributed by atoms with van der Waals surface area (Å²) >= 11 is 0. The number of fused-ring (bicyclic) bond motifs is 3. The fourth-order valence-corrected chi connectivity index (χ4v) is 6.75. The Morgan fingerprint density at radius 3 is 2.78 bits per heavy atom. The van der Waals surface area contributed by atoms with Gasteiger partial charge >= 0.3 is 0 Å². The van der Waals surface area contributed by atoms with Crippen LogP contribution in [0.25, 0.3) is 0 Å². The van der Waals surface area contributed by atoms with Crippen molar-refractivity contribution in [2.75, 3.05) is 0 Å². The number of phenols is 1. The van der Waals surface area contributed by atoms with Crippen molar-refractivity contribution in [3.8, 4) is 5.75 Å². The van der Waals surface area contributed by atoms with Crippen LogP contribution in [0.5, 0.6) is 5.75 Å². The van der Waals surface area contributed by atoms with Crippen LogP contribution in [0.1, 0.15) is 49.7 Å². The fourth-order valence-electron chi connectivity index (χ4n) is 6.75. The number of aliphatic hydroxyl groups is 2. The predicted molar refractivity (Wildman–Crippen MR) is 87.1 cm³/mol. The topological polar surface area (TPSA) is 60.7 Å². The zero-order valence-corrected chi connectivity index (χ0v) is 13.5. The molecule has 0 aromatic heterocycles. The maximum absolute atomic E-state index is 11.1. The van der Waals surface area contributed by atoms with E-state index >= 15 is 0 Å². The Hall–Kier alpha value is -1.32. The molecule has 4 aliphatic carbocycles. The molecule has 0 heterocycles. The SMILES string of the molecule is C[C@]12CC[C@@H]3c4c(O)cccc4CC[C@H]3[C@@]13C=C[C@]2(O)[C@@H](O)C3. The lowest BCUT2D eigenvalue weighted by Crippen LogP contribution is -2.53. The molecule has 1 aromatic carbocycles. The molecule has 2 bridgehead atoms. The van der Waals surface area contributed by atoms with Gasteiger partial charge in [-0.25, -0.2) is 0 Å². The smallest absolute Gasteiger partial charge is 0.119 e. The highest BCUT2D eigenvalue weighted by Gasteiger charge is 2.74. The zero-order valence-electron chi connectivity index (χ0n) is 13.5. The van der Waals surface area contributed by atoms with Gasteiger partial charge in [-0.05, 0) is 55.6 Å². The summed E-state index contributed by atoms with van der Waals surface area (Å²) in [6.45, 7) is 2.17. The maximum Gasteiger partial charge on any atom is 0.119 e. The minimum atomic E-state index is -1.07. The second kappa shape index (κ2) is 4.01. The Labute approximate surface area is 136 Å². The predicted octanol–water partition coefficient (Wildman–Crippen LogP) is 2.89. The van der Waals surface area contributed by atoms with E-state index in [4.69, 9.17) is 0 Å². The molecule has 3 heteroatoms. The van der Waals surface area contributed by atoms with Crippen molar-refractivity contribution in [2.24, 2.45) is 16.7 Å². The average Bonchev–Trinajstić information content (AvgIpc) is 2.87. The minimum absolute atomic E-state index is 0.135. The summed E-state index contributed by atoms with van der Waals surface area (Å²) in [5.74, 6) is 1.16. The summed E-state index contributed by atoms with van der Waals surface area (Å²) in [7, 11) is 0. The monoisotopic (exact) mass is 312 g/mol. The van der Waals surface area contributed by atoms with Crippen molar-refractivity contribution in [3.05, 3.63) is 41.5 Å². The number of hydrogen-bond acceptors (Lipinski definition) is 3. The first kappa shape index (κ1) is 14.1. The summed E-state index contributed by atoms with van der Waals surface area (Å²) in [5.41, 5.74) is 0.927. The van der Waals surface area contributed by atoms with Gasteiger partial charge in [-0.15, -0.1) is 0 Å². The van der Waals surface area contributed by atoms with Crippen molar-refractivity contribution in [1.29, 1.82) is 0 Å². The summed E-state index contributed by atoms with van der Waals surface area (Å²) in [6.07, 6.45) is 8.00. The second-order valence-corrected chi connectivity index (χ2v) is 8.39. The van der Waals surface area contributed by atoms with Gasteiger partial charge < -0.3 is 15.3 Å². The minimum Gasteiger partial charge on any atom is -0.508 e. The van der Waals surface area contributed by atoms with Gasteiger partial charge in [-0.2, -0.15) is 0 Å². The van der Waals surface area contributed by atoms with E-state index in [0.29, 0.717) is 24.0 Å². The van der Waals surface area contributed by atoms with Crippen LogP contribution in [0.3, 0.4) is 0 Å². The van der Waals surface area contributed by atoms with Gasteiger partial charge in [0.05, 0.1) is 6.10 Å². The van der Waals surface area contributed by atoms with Gasteiger partial charge in [0.2, 0.25) is 0 Å². The van der Waals surface area contributed by atoms with Gasteiger partial charge in [0.25, 0.3) is 0 Å². The Bertz CT molecular complexity index is 726. The van der Waals surface area contributed by atoms with Gasteiger partial charge in [-0.1, -0.05) is 31.2 Å². The summed E-state index contributed by atoms with van der Waals surface area (Å²) in [5, 5.41) is 32.1.